The number of carboxylic acids is 2. The number of anilines is 1. The molecule has 3 heterocycles. The summed E-state index contributed by atoms with van der Waals surface area (Å²) in [6.07, 6.45) is 0. The van der Waals surface area contributed by atoms with Crippen molar-refractivity contribution >= 4 is 57.7 Å². The number of fused-ring (bicyclic) bond motifs is 1. The average Bonchev–Trinajstić information content (AvgIpc) is 3.20. The number of aromatic nitrogens is 1. The van der Waals surface area contributed by atoms with Gasteiger partial charge in [0, 0.05) is 17.7 Å². The Morgan fingerprint density at radius 3 is 2.65 bits per heavy atom. The first-order valence-corrected chi connectivity index (χ1v) is 12.0. The van der Waals surface area contributed by atoms with Crippen molar-refractivity contribution in [1.82, 2.24) is 20.5 Å². The Hall–Kier alpha value is -3.17. The molecule has 184 valence electrons. The standard InChI is InChI=1S/C19H24N6O7S2/c1-4-21-5-8-6-33-15-11(14(27)25(15)12(8)16(28)29)23-13(26)10(9-7-34-18(20)22-9)24-32-19(2,3)17(30)31/h7,11,15,21H,4-6H2,1-3H3,(H2,20,22)(H,23,26)(H,28,29)(H,30,31)/b24-10-/t11?,15-/m1/s1. The predicted octanol–water partition coefficient (Wildman–Crippen LogP) is -0.343. The van der Waals surface area contributed by atoms with Crippen molar-refractivity contribution in [3.63, 3.8) is 0 Å². The minimum Gasteiger partial charge on any atom is -0.478 e. The number of thioether (sulfide) groups is 1. The summed E-state index contributed by atoms with van der Waals surface area (Å²) in [5.74, 6) is -3.58. The molecular formula is C19H24N6O7S2. The molecule has 3 rings (SSSR count). The zero-order valence-electron chi connectivity index (χ0n) is 18.5. The van der Waals surface area contributed by atoms with E-state index >= 15 is 0 Å². The molecule has 1 saturated heterocycles. The molecule has 13 nitrogen and oxygen atoms in total. The van der Waals surface area contributed by atoms with E-state index in [1.54, 1.807) is 0 Å². The van der Waals surface area contributed by atoms with Crippen molar-refractivity contribution < 1.29 is 34.2 Å². The minimum absolute atomic E-state index is 0.0418. The third kappa shape index (κ3) is 5.00. The highest BCUT2D eigenvalue weighted by Gasteiger charge is 2.54. The number of aliphatic carboxylic acids is 2. The Labute approximate surface area is 202 Å². The predicted molar refractivity (Wildman–Crippen MR) is 124 cm³/mol. The summed E-state index contributed by atoms with van der Waals surface area (Å²) in [5, 5.41) is 29.2. The fraction of sp³-hybridized carbons (Fsp3) is 0.474. The molecule has 0 bridgehead atoms. The SMILES string of the molecule is CCNCC1=C(C(=O)O)N2C(=O)C(NC(=O)/C(=N\OC(C)(C)C(=O)O)c3csc(N)n3)[C@H]2SC1. The number of oxime groups is 1. The topological polar surface area (TPSA) is 197 Å². The lowest BCUT2D eigenvalue weighted by Gasteiger charge is -2.49. The van der Waals surface area contributed by atoms with Crippen LogP contribution in [0, 0.1) is 0 Å². The van der Waals surface area contributed by atoms with Crippen LogP contribution in [0.5, 0.6) is 0 Å². The molecule has 1 fully saturated rings. The maximum absolute atomic E-state index is 13.0. The second-order valence-corrected chi connectivity index (χ2v) is 9.81. The van der Waals surface area contributed by atoms with E-state index in [0.29, 0.717) is 24.4 Å². The van der Waals surface area contributed by atoms with E-state index in [1.165, 1.54) is 31.0 Å². The van der Waals surface area contributed by atoms with Crippen LogP contribution >= 0.6 is 23.1 Å². The summed E-state index contributed by atoms with van der Waals surface area (Å²) >= 11 is 2.36. The van der Waals surface area contributed by atoms with E-state index in [1.807, 2.05) is 6.92 Å². The van der Waals surface area contributed by atoms with Crippen molar-refractivity contribution in [3.8, 4) is 0 Å². The van der Waals surface area contributed by atoms with E-state index in [2.05, 4.69) is 20.8 Å². The molecular weight excluding hydrogens is 488 g/mol. The number of amides is 2. The number of nitrogens with two attached hydrogens (primary N) is 1. The highest BCUT2D eigenvalue weighted by Crippen LogP contribution is 2.40. The van der Waals surface area contributed by atoms with Gasteiger partial charge in [-0.1, -0.05) is 12.1 Å². The smallest absolute Gasteiger partial charge is 0.352 e. The lowest BCUT2D eigenvalue weighted by Crippen LogP contribution is -2.71. The van der Waals surface area contributed by atoms with Gasteiger partial charge in [0.25, 0.3) is 11.8 Å². The summed E-state index contributed by atoms with van der Waals surface area (Å²) < 4.78 is 0. The van der Waals surface area contributed by atoms with Crippen LogP contribution in [0.15, 0.2) is 21.8 Å². The van der Waals surface area contributed by atoms with Crippen LogP contribution in [0.3, 0.4) is 0 Å². The molecule has 1 aromatic rings. The van der Waals surface area contributed by atoms with E-state index < -0.39 is 40.8 Å². The van der Waals surface area contributed by atoms with Crippen LogP contribution in [-0.2, 0) is 24.0 Å². The van der Waals surface area contributed by atoms with Crippen LogP contribution in [0.4, 0.5) is 5.13 Å². The number of nitrogen functional groups attached to an aromatic ring is 1. The number of hydrogen-bond acceptors (Lipinski definition) is 11. The zero-order valence-corrected chi connectivity index (χ0v) is 20.2. The quantitative estimate of drug-likeness (QED) is 0.156. The van der Waals surface area contributed by atoms with Gasteiger partial charge in [0.1, 0.15) is 22.8 Å². The summed E-state index contributed by atoms with van der Waals surface area (Å²) in [6, 6.07) is -1.01. The monoisotopic (exact) mass is 512 g/mol. The van der Waals surface area contributed by atoms with Crippen LogP contribution < -0.4 is 16.4 Å². The van der Waals surface area contributed by atoms with E-state index in [4.69, 9.17) is 10.6 Å². The number of β-lactam (4-membered cyclic amide) rings is 1. The molecule has 0 aromatic carbocycles. The fourth-order valence-corrected chi connectivity index (χ4v) is 5.00. The molecule has 2 aliphatic heterocycles. The van der Waals surface area contributed by atoms with Crippen molar-refractivity contribution in [3.05, 3.63) is 22.3 Å². The lowest BCUT2D eigenvalue weighted by atomic mass is 10.0. The van der Waals surface area contributed by atoms with E-state index in [9.17, 15) is 29.4 Å². The Morgan fingerprint density at radius 1 is 1.38 bits per heavy atom. The van der Waals surface area contributed by atoms with Crippen molar-refractivity contribution in [2.24, 2.45) is 5.16 Å². The molecule has 0 spiro atoms. The summed E-state index contributed by atoms with van der Waals surface area (Å²) in [5.41, 5.74) is 4.07. The largest absolute Gasteiger partial charge is 0.478 e. The summed E-state index contributed by atoms with van der Waals surface area (Å²) in [6.45, 7) is 5.36. The van der Waals surface area contributed by atoms with E-state index in [0.717, 1.165) is 16.2 Å². The maximum Gasteiger partial charge on any atom is 0.352 e. The number of carbonyl (C=O) groups is 4. The molecule has 1 aromatic heterocycles. The molecule has 34 heavy (non-hydrogen) atoms. The van der Waals surface area contributed by atoms with Crippen LogP contribution in [-0.4, -0.2) is 85.4 Å². The van der Waals surface area contributed by atoms with Gasteiger partial charge >= 0.3 is 11.9 Å². The molecule has 6 N–H and O–H groups in total. The number of nitrogens with zero attached hydrogens (tertiary/aromatic N) is 3. The maximum atomic E-state index is 13.0. The Bertz CT molecular complexity index is 1080. The van der Waals surface area contributed by atoms with Gasteiger partial charge in [-0.3, -0.25) is 14.5 Å². The Kier molecular flexibility index (Phi) is 7.48. The number of carboxylic acid groups (broad SMARTS) is 2. The fourth-order valence-electron chi connectivity index (χ4n) is 3.10. The number of hydrogen-bond donors (Lipinski definition) is 5. The van der Waals surface area contributed by atoms with Gasteiger partial charge in [0.05, 0.1) is 0 Å². The van der Waals surface area contributed by atoms with Crippen molar-refractivity contribution in [2.45, 2.75) is 37.8 Å². The van der Waals surface area contributed by atoms with Gasteiger partial charge in [-0.25, -0.2) is 14.6 Å². The first kappa shape index (κ1) is 25.5. The molecule has 2 atom stereocenters. The molecule has 15 heteroatoms. The molecule has 0 aliphatic carbocycles. The van der Waals surface area contributed by atoms with Crippen molar-refractivity contribution in [2.75, 3.05) is 24.6 Å². The van der Waals surface area contributed by atoms with Gasteiger partial charge in [-0.2, -0.15) is 0 Å². The molecule has 0 saturated carbocycles. The van der Waals surface area contributed by atoms with Crippen LogP contribution in [0.2, 0.25) is 0 Å². The molecule has 0 radical (unpaired) electrons. The second-order valence-electron chi connectivity index (χ2n) is 7.82. The van der Waals surface area contributed by atoms with Gasteiger partial charge in [0.2, 0.25) is 5.60 Å². The van der Waals surface area contributed by atoms with Gasteiger partial charge in [-0.15, -0.1) is 23.1 Å². The number of thiazole rings is 1. The zero-order chi connectivity index (χ0) is 25.2. The van der Waals surface area contributed by atoms with Gasteiger partial charge in [0.15, 0.2) is 10.8 Å². The lowest BCUT2D eigenvalue weighted by molar-refractivity contribution is -0.161. The number of nitrogens with one attached hydrogen (secondary N) is 2. The third-order valence-corrected chi connectivity index (χ3v) is 7.00. The number of rotatable bonds is 10. The molecule has 2 aliphatic rings. The van der Waals surface area contributed by atoms with E-state index in [-0.39, 0.29) is 22.2 Å². The first-order chi connectivity index (χ1) is 16.0. The summed E-state index contributed by atoms with van der Waals surface area (Å²) in [4.78, 5) is 59.2. The Balaban J connectivity index is 1.82. The van der Waals surface area contributed by atoms with Gasteiger partial charge in [-0.05, 0) is 26.0 Å². The second kappa shape index (κ2) is 9.99. The van der Waals surface area contributed by atoms with Crippen molar-refractivity contribution in [1.29, 1.82) is 0 Å². The highest BCUT2D eigenvalue weighted by atomic mass is 32.2. The Morgan fingerprint density at radius 2 is 2.09 bits per heavy atom. The van der Waals surface area contributed by atoms with Gasteiger partial charge < -0.3 is 31.4 Å². The minimum atomic E-state index is -1.74. The normalized spacial score (nSPS) is 20.5. The average molecular weight is 513 g/mol. The number of carbonyl (C=O) groups excluding carboxylic acids is 2. The van der Waals surface area contributed by atoms with Crippen LogP contribution in [0.25, 0.3) is 0 Å². The number of likely N-dealkylation sites (N-methyl/N-ethyl adjacent to an activating group) is 1. The molecule has 1 unspecified atom stereocenters. The first-order valence-electron chi connectivity index (χ1n) is 10.1. The molecule has 2 amide bonds. The highest BCUT2D eigenvalue weighted by molar-refractivity contribution is 8.00. The third-order valence-electron chi connectivity index (χ3n) is 4.98. The van der Waals surface area contributed by atoms with Crippen LogP contribution in [0.1, 0.15) is 26.5 Å². The summed E-state index contributed by atoms with van der Waals surface area (Å²) in [7, 11) is 0.